The fraction of sp³-hybridized carbons (Fsp3) is 0.533. The fourth-order valence-electron chi connectivity index (χ4n) is 2.35. The summed E-state index contributed by atoms with van der Waals surface area (Å²) in [7, 11) is 3.40. The van der Waals surface area contributed by atoms with Crippen molar-refractivity contribution in [1.29, 1.82) is 0 Å². The Kier molecular flexibility index (Phi) is 4.95. The summed E-state index contributed by atoms with van der Waals surface area (Å²) >= 11 is 0. The van der Waals surface area contributed by atoms with Gasteiger partial charge in [0.05, 0.1) is 6.61 Å². The first kappa shape index (κ1) is 14.8. The highest BCUT2D eigenvalue weighted by Crippen LogP contribution is 2.41. The summed E-state index contributed by atoms with van der Waals surface area (Å²) < 4.78 is 18.8. The van der Waals surface area contributed by atoms with Crippen LogP contribution in [0.5, 0.6) is 0 Å². The molecule has 1 saturated carbocycles. The second-order valence-electron chi connectivity index (χ2n) is 5.19. The van der Waals surface area contributed by atoms with E-state index < -0.39 is 0 Å². The van der Waals surface area contributed by atoms with Gasteiger partial charge >= 0.3 is 0 Å². The summed E-state index contributed by atoms with van der Waals surface area (Å²) in [5.74, 6) is 0.836. The lowest BCUT2D eigenvalue weighted by atomic mass is 10.1. The van der Waals surface area contributed by atoms with Crippen molar-refractivity contribution in [3.63, 3.8) is 0 Å². The van der Waals surface area contributed by atoms with Crippen LogP contribution in [0.25, 0.3) is 0 Å². The Balaban J connectivity index is 1.88. The molecule has 1 fully saturated rings. The minimum Gasteiger partial charge on any atom is -0.383 e. The first-order chi connectivity index (χ1) is 9.65. The Morgan fingerprint density at radius 2 is 2.25 bits per heavy atom. The number of benzene rings is 1. The molecule has 3 unspecified atom stereocenters. The Hall–Kier alpha value is -1.62. The molecular formula is C15H22FN3O. The number of methoxy groups -OCH3 is 1. The predicted octanol–water partition coefficient (Wildman–Crippen LogP) is 1.88. The second kappa shape index (κ2) is 6.70. The number of guanidine groups is 1. The molecule has 4 nitrogen and oxygen atoms in total. The van der Waals surface area contributed by atoms with Crippen molar-refractivity contribution >= 4 is 5.96 Å². The standard InChI is InChI=1S/C15H22FN3O/c1-10(9-20-3)18-15(17-2)19-14-8-12(14)11-6-4-5-7-13(11)16/h4-7,10,12,14H,8-9H2,1-3H3,(H2,17,18,19). The molecule has 2 N–H and O–H groups in total. The van der Waals surface area contributed by atoms with Gasteiger partial charge in [-0.15, -0.1) is 0 Å². The van der Waals surface area contributed by atoms with Gasteiger partial charge < -0.3 is 15.4 Å². The predicted molar refractivity (Wildman–Crippen MR) is 78.5 cm³/mol. The first-order valence-electron chi connectivity index (χ1n) is 6.89. The van der Waals surface area contributed by atoms with Crippen molar-refractivity contribution in [3.05, 3.63) is 35.6 Å². The maximum absolute atomic E-state index is 13.7. The molecule has 0 spiro atoms. The lowest BCUT2D eigenvalue weighted by Crippen LogP contribution is -2.45. The quantitative estimate of drug-likeness (QED) is 0.639. The van der Waals surface area contributed by atoms with E-state index in [-0.39, 0.29) is 23.8 Å². The van der Waals surface area contributed by atoms with Crippen LogP contribution in [0.2, 0.25) is 0 Å². The van der Waals surface area contributed by atoms with Crippen LogP contribution in [0, 0.1) is 5.82 Å². The maximum atomic E-state index is 13.7. The normalized spacial score (nSPS) is 23.3. The zero-order chi connectivity index (χ0) is 14.5. The highest BCUT2D eigenvalue weighted by atomic mass is 19.1. The monoisotopic (exact) mass is 279 g/mol. The maximum Gasteiger partial charge on any atom is 0.191 e. The number of nitrogens with zero attached hydrogens (tertiary/aromatic N) is 1. The number of rotatable bonds is 5. The van der Waals surface area contributed by atoms with Crippen molar-refractivity contribution in [2.24, 2.45) is 4.99 Å². The van der Waals surface area contributed by atoms with Crippen LogP contribution in [0.4, 0.5) is 4.39 Å². The molecule has 0 aromatic heterocycles. The van der Waals surface area contributed by atoms with Gasteiger partial charge in [-0.25, -0.2) is 4.39 Å². The number of nitrogens with one attached hydrogen (secondary N) is 2. The third-order valence-electron chi connectivity index (χ3n) is 3.44. The highest BCUT2D eigenvalue weighted by Gasteiger charge is 2.40. The van der Waals surface area contributed by atoms with E-state index in [0.29, 0.717) is 6.61 Å². The van der Waals surface area contributed by atoms with Crippen molar-refractivity contribution in [2.75, 3.05) is 20.8 Å². The van der Waals surface area contributed by atoms with Crippen molar-refractivity contribution < 1.29 is 9.13 Å². The third kappa shape index (κ3) is 3.70. The van der Waals surface area contributed by atoms with Gasteiger partial charge in [0, 0.05) is 32.2 Å². The van der Waals surface area contributed by atoms with E-state index in [0.717, 1.165) is 17.9 Å². The van der Waals surface area contributed by atoms with Crippen LogP contribution >= 0.6 is 0 Å². The summed E-state index contributed by atoms with van der Waals surface area (Å²) in [5.41, 5.74) is 0.783. The van der Waals surface area contributed by atoms with Crippen LogP contribution in [0.1, 0.15) is 24.8 Å². The molecule has 0 amide bonds. The zero-order valence-electron chi connectivity index (χ0n) is 12.2. The van der Waals surface area contributed by atoms with Crippen LogP contribution in [-0.4, -0.2) is 38.8 Å². The van der Waals surface area contributed by atoms with Crippen molar-refractivity contribution in [3.8, 4) is 0 Å². The molecule has 3 atom stereocenters. The number of ether oxygens (including phenoxy) is 1. The van der Waals surface area contributed by atoms with Gasteiger partial charge in [-0.3, -0.25) is 4.99 Å². The molecule has 110 valence electrons. The minimum atomic E-state index is -0.127. The molecule has 1 aliphatic rings. The summed E-state index contributed by atoms with van der Waals surface area (Å²) in [6, 6.07) is 7.38. The Bertz CT molecular complexity index is 478. The van der Waals surface area contributed by atoms with Gasteiger partial charge in [-0.05, 0) is 25.0 Å². The van der Waals surface area contributed by atoms with Crippen LogP contribution in [-0.2, 0) is 4.74 Å². The lowest BCUT2D eigenvalue weighted by Gasteiger charge is -2.17. The fourth-order valence-corrected chi connectivity index (χ4v) is 2.35. The van der Waals surface area contributed by atoms with Gasteiger partial charge in [-0.2, -0.15) is 0 Å². The molecular weight excluding hydrogens is 257 g/mol. The Morgan fingerprint density at radius 1 is 1.50 bits per heavy atom. The van der Waals surface area contributed by atoms with Gasteiger partial charge in [-0.1, -0.05) is 18.2 Å². The first-order valence-corrected chi connectivity index (χ1v) is 6.89. The summed E-state index contributed by atoms with van der Waals surface area (Å²) in [4.78, 5) is 4.19. The smallest absolute Gasteiger partial charge is 0.191 e. The van der Waals surface area contributed by atoms with Crippen LogP contribution in [0.3, 0.4) is 0 Å². The minimum absolute atomic E-state index is 0.127. The zero-order valence-corrected chi connectivity index (χ0v) is 12.2. The largest absolute Gasteiger partial charge is 0.383 e. The van der Waals surface area contributed by atoms with E-state index >= 15 is 0 Å². The summed E-state index contributed by atoms with van der Waals surface area (Å²) in [6.45, 7) is 2.64. The van der Waals surface area contributed by atoms with Crippen molar-refractivity contribution in [1.82, 2.24) is 10.6 Å². The number of hydrogen-bond acceptors (Lipinski definition) is 2. The SMILES string of the molecule is CN=C(NC(C)COC)NC1CC1c1ccccc1F. The average molecular weight is 279 g/mol. The highest BCUT2D eigenvalue weighted by molar-refractivity contribution is 5.80. The van der Waals surface area contributed by atoms with Crippen LogP contribution in [0.15, 0.2) is 29.3 Å². The van der Waals surface area contributed by atoms with E-state index in [1.165, 1.54) is 6.07 Å². The summed E-state index contributed by atoms with van der Waals surface area (Å²) in [5, 5.41) is 6.57. The number of hydrogen-bond donors (Lipinski definition) is 2. The molecule has 0 aliphatic heterocycles. The topological polar surface area (TPSA) is 45.7 Å². The average Bonchev–Trinajstić information content (AvgIpc) is 3.18. The Morgan fingerprint density at radius 3 is 2.90 bits per heavy atom. The Labute approximate surface area is 119 Å². The van der Waals surface area contributed by atoms with E-state index in [2.05, 4.69) is 15.6 Å². The molecule has 5 heteroatoms. The molecule has 0 heterocycles. The molecule has 0 bridgehead atoms. The molecule has 20 heavy (non-hydrogen) atoms. The van der Waals surface area contributed by atoms with Gasteiger partial charge in [0.2, 0.25) is 0 Å². The number of aliphatic imine (C=N–C) groups is 1. The third-order valence-corrected chi connectivity index (χ3v) is 3.44. The van der Waals surface area contributed by atoms with Gasteiger partial charge in [0.15, 0.2) is 5.96 Å². The molecule has 0 saturated heterocycles. The van der Waals surface area contributed by atoms with E-state index in [1.807, 2.05) is 19.1 Å². The molecule has 1 aliphatic carbocycles. The van der Waals surface area contributed by atoms with Crippen LogP contribution < -0.4 is 10.6 Å². The second-order valence-corrected chi connectivity index (χ2v) is 5.19. The van der Waals surface area contributed by atoms with Gasteiger partial charge in [0.1, 0.15) is 5.82 Å². The lowest BCUT2D eigenvalue weighted by molar-refractivity contribution is 0.179. The number of halogens is 1. The molecule has 1 aromatic carbocycles. The molecule has 2 rings (SSSR count). The molecule has 1 aromatic rings. The molecule has 0 radical (unpaired) electrons. The summed E-state index contributed by atoms with van der Waals surface area (Å²) in [6.07, 6.45) is 0.931. The van der Waals surface area contributed by atoms with E-state index in [1.54, 1.807) is 20.2 Å². The van der Waals surface area contributed by atoms with E-state index in [9.17, 15) is 4.39 Å². The van der Waals surface area contributed by atoms with E-state index in [4.69, 9.17) is 4.74 Å². The van der Waals surface area contributed by atoms with Crippen molar-refractivity contribution in [2.45, 2.75) is 31.3 Å². The van der Waals surface area contributed by atoms with Gasteiger partial charge in [0.25, 0.3) is 0 Å².